The Balaban J connectivity index is 1.22. The molecule has 0 unspecified atom stereocenters. The summed E-state index contributed by atoms with van der Waals surface area (Å²) < 4.78 is 4.86. The van der Waals surface area contributed by atoms with Crippen LogP contribution in [0.1, 0.15) is 0 Å². The van der Waals surface area contributed by atoms with E-state index in [4.69, 9.17) is 0 Å². The van der Waals surface area contributed by atoms with E-state index in [9.17, 15) is 0 Å². The monoisotopic (exact) mass is 636 g/mol. The second-order valence-electron chi connectivity index (χ2n) is 13.0. The number of fused-ring (bicyclic) bond motifs is 6. The smallest absolute Gasteiger partial charge is 0.0547 e. The molecule has 10 rings (SSSR count). The average Bonchev–Trinajstić information content (AvgIpc) is 3.70. The van der Waals surface area contributed by atoms with E-state index in [1.807, 2.05) is 0 Å². The Bertz CT molecular complexity index is 2840. The zero-order chi connectivity index (χ0) is 33.0. The van der Waals surface area contributed by atoms with Crippen LogP contribution in [0.2, 0.25) is 0 Å². The minimum Gasteiger partial charge on any atom is -0.309 e. The molecule has 2 heteroatoms. The van der Waals surface area contributed by atoms with Crippen LogP contribution in [0.4, 0.5) is 0 Å². The van der Waals surface area contributed by atoms with Crippen molar-refractivity contribution >= 4 is 43.6 Å². The standard InChI is InChI=1S/C48H32N2/c1-4-13-33(14-5-1)36-19-12-20-39(29-36)50-47-28-25-40(32-44(47)42-26-23-38(31-48(42)50)35-17-8-3-9-18-35)49-45-22-11-10-21-41(45)43-30-37(24-27-46(43)49)34-15-6-2-7-16-34/h1-32H. The van der Waals surface area contributed by atoms with Crippen molar-refractivity contribution in [1.29, 1.82) is 0 Å². The van der Waals surface area contributed by atoms with Crippen LogP contribution in [0.15, 0.2) is 194 Å². The van der Waals surface area contributed by atoms with Gasteiger partial charge >= 0.3 is 0 Å². The zero-order valence-corrected chi connectivity index (χ0v) is 27.4. The van der Waals surface area contributed by atoms with Crippen LogP contribution >= 0.6 is 0 Å². The molecule has 0 N–H and O–H groups in total. The fourth-order valence-corrected chi connectivity index (χ4v) is 7.75. The highest BCUT2D eigenvalue weighted by Gasteiger charge is 2.18. The van der Waals surface area contributed by atoms with Gasteiger partial charge < -0.3 is 9.13 Å². The molecule has 0 aliphatic heterocycles. The SMILES string of the molecule is c1ccc(-c2cccc(-n3c4ccc(-n5c6ccccc6c6cc(-c7ccccc7)ccc65)cc4c4ccc(-c5ccccc5)cc43)c2)cc1. The third-order valence-electron chi connectivity index (χ3n) is 10.1. The molecule has 0 atom stereocenters. The Morgan fingerprint density at radius 2 is 0.680 bits per heavy atom. The van der Waals surface area contributed by atoms with Crippen LogP contribution in [0.3, 0.4) is 0 Å². The molecule has 0 aliphatic carbocycles. The lowest BCUT2D eigenvalue weighted by Crippen LogP contribution is -1.96. The number of para-hydroxylation sites is 1. The van der Waals surface area contributed by atoms with Crippen molar-refractivity contribution in [1.82, 2.24) is 9.13 Å². The number of hydrogen-bond acceptors (Lipinski definition) is 0. The first-order valence-corrected chi connectivity index (χ1v) is 17.2. The van der Waals surface area contributed by atoms with Crippen LogP contribution < -0.4 is 0 Å². The minimum atomic E-state index is 1.15. The van der Waals surface area contributed by atoms with Crippen molar-refractivity contribution in [2.24, 2.45) is 0 Å². The Labute approximate surface area is 290 Å². The first kappa shape index (κ1) is 28.4. The predicted octanol–water partition coefficient (Wildman–Crippen LogP) is 12.9. The summed E-state index contributed by atoms with van der Waals surface area (Å²) in [6.07, 6.45) is 0. The van der Waals surface area contributed by atoms with Crippen LogP contribution in [0.5, 0.6) is 0 Å². The van der Waals surface area contributed by atoms with E-state index in [0.29, 0.717) is 0 Å². The average molecular weight is 637 g/mol. The molecular formula is C48H32N2. The van der Waals surface area contributed by atoms with Gasteiger partial charge in [-0.05, 0) is 88.0 Å². The fraction of sp³-hybridized carbons (Fsp3) is 0. The topological polar surface area (TPSA) is 9.86 Å². The van der Waals surface area contributed by atoms with Gasteiger partial charge in [0.25, 0.3) is 0 Å². The van der Waals surface area contributed by atoms with Crippen molar-refractivity contribution in [3.63, 3.8) is 0 Å². The highest BCUT2D eigenvalue weighted by atomic mass is 15.0. The number of rotatable bonds is 5. The van der Waals surface area contributed by atoms with E-state index in [-0.39, 0.29) is 0 Å². The molecule has 2 heterocycles. The lowest BCUT2D eigenvalue weighted by molar-refractivity contribution is 1.17. The molecule has 0 radical (unpaired) electrons. The predicted molar refractivity (Wildman–Crippen MR) is 211 cm³/mol. The number of hydrogen-bond donors (Lipinski definition) is 0. The van der Waals surface area contributed by atoms with Crippen molar-refractivity contribution < 1.29 is 0 Å². The van der Waals surface area contributed by atoms with Gasteiger partial charge in [0.05, 0.1) is 22.1 Å². The van der Waals surface area contributed by atoms with E-state index >= 15 is 0 Å². The van der Waals surface area contributed by atoms with Gasteiger partial charge in [0, 0.05) is 32.9 Å². The number of nitrogens with zero attached hydrogens (tertiary/aromatic N) is 2. The summed E-state index contributed by atoms with van der Waals surface area (Å²) in [5, 5.41) is 4.98. The van der Waals surface area contributed by atoms with Gasteiger partial charge in [-0.3, -0.25) is 0 Å². The Morgan fingerprint density at radius 3 is 1.38 bits per heavy atom. The maximum Gasteiger partial charge on any atom is 0.0547 e. The molecule has 8 aromatic carbocycles. The number of benzene rings is 8. The molecule has 2 nitrogen and oxygen atoms in total. The van der Waals surface area contributed by atoms with Crippen LogP contribution in [0, 0.1) is 0 Å². The lowest BCUT2D eigenvalue weighted by atomic mass is 10.0. The van der Waals surface area contributed by atoms with Crippen molar-refractivity contribution in [2.75, 3.05) is 0 Å². The summed E-state index contributed by atoms with van der Waals surface area (Å²) in [6, 6.07) is 70.4. The van der Waals surface area contributed by atoms with Crippen molar-refractivity contribution in [3.8, 4) is 44.8 Å². The van der Waals surface area contributed by atoms with Crippen molar-refractivity contribution in [3.05, 3.63) is 194 Å². The second kappa shape index (κ2) is 11.5. The summed E-state index contributed by atoms with van der Waals surface area (Å²) in [7, 11) is 0. The molecule has 234 valence electrons. The molecule has 0 saturated carbocycles. The lowest BCUT2D eigenvalue weighted by Gasteiger charge is -2.12. The largest absolute Gasteiger partial charge is 0.309 e. The summed E-state index contributed by atoms with van der Waals surface area (Å²) in [4.78, 5) is 0. The Kier molecular flexibility index (Phi) is 6.53. The van der Waals surface area contributed by atoms with Crippen LogP contribution in [-0.4, -0.2) is 9.13 Å². The first-order chi connectivity index (χ1) is 24.8. The highest BCUT2D eigenvalue weighted by molar-refractivity contribution is 6.13. The normalized spacial score (nSPS) is 11.6. The molecule has 0 aliphatic rings. The minimum absolute atomic E-state index is 1.15. The van der Waals surface area contributed by atoms with Crippen molar-refractivity contribution in [2.45, 2.75) is 0 Å². The first-order valence-electron chi connectivity index (χ1n) is 17.2. The molecule has 50 heavy (non-hydrogen) atoms. The summed E-state index contributed by atoms with van der Waals surface area (Å²) in [6.45, 7) is 0. The van der Waals surface area contributed by atoms with Gasteiger partial charge in [-0.15, -0.1) is 0 Å². The van der Waals surface area contributed by atoms with E-state index in [1.165, 1.54) is 77.0 Å². The highest BCUT2D eigenvalue weighted by Crippen LogP contribution is 2.39. The fourth-order valence-electron chi connectivity index (χ4n) is 7.75. The molecule has 0 amide bonds. The van der Waals surface area contributed by atoms with E-state index in [2.05, 4.69) is 203 Å². The van der Waals surface area contributed by atoms with Gasteiger partial charge in [0.15, 0.2) is 0 Å². The van der Waals surface area contributed by atoms with Gasteiger partial charge in [-0.1, -0.05) is 140 Å². The maximum atomic E-state index is 2.44. The van der Waals surface area contributed by atoms with Gasteiger partial charge in [-0.25, -0.2) is 0 Å². The van der Waals surface area contributed by atoms with Gasteiger partial charge in [0.1, 0.15) is 0 Å². The third-order valence-corrected chi connectivity index (χ3v) is 10.1. The summed E-state index contributed by atoms with van der Waals surface area (Å²) in [5.74, 6) is 0. The summed E-state index contributed by atoms with van der Waals surface area (Å²) >= 11 is 0. The van der Waals surface area contributed by atoms with E-state index in [1.54, 1.807) is 0 Å². The molecule has 2 aromatic heterocycles. The quantitative estimate of drug-likeness (QED) is 0.178. The van der Waals surface area contributed by atoms with Gasteiger partial charge in [0.2, 0.25) is 0 Å². The molecule has 0 saturated heterocycles. The third kappa shape index (κ3) is 4.57. The molecule has 0 spiro atoms. The van der Waals surface area contributed by atoms with Gasteiger partial charge in [-0.2, -0.15) is 0 Å². The zero-order valence-electron chi connectivity index (χ0n) is 27.4. The molecule has 0 fully saturated rings. The Hall–Kier alpha value is -6.64. The maximum absolute atomic E-state index is 2.44. The van der Waals surface area contributed by atoms with E-state index in [0.717, 1.165) is 11.4 Å². The number of aromatic nitrogens is 2. The molecule has 0 bridgehead atoms. The molecular weight excluding hydrogens is 605 g/mol. The second-order valence-corrected chi connectivity index (χ2v) is 13.0. The Morgan fingerprint density at radius 1 is 0.220 bits per heavy atom. The van der Waals surface area contributed by atoms with Crippen LogP contribution in [0.25, 0.3) is 88.4 Å². The van der Waals surface area contributed by atoms with Crippen LogP contribution in [-0.2, 0) is 0 Å². The molecule has 10 aromatic rings. The summed E-state index contributed by atoms with van der Waals surface area (Å²) in [5.41, 5.74) is 14.4. The van der Waals surface area contributed by atoms with E-state index < -0.39 is 0 Å².